The summed E-state index contributed by atoms with van der Waals surface area (Å²) < 4.78 is 41.7. The van der Waals surface area contributed by atoms with E-state index >= 15 is 0 Å². The average Bonchev–Trinajstić information content (AvgIpc) is 2.16. The molecule has 0 N–H and O–H groups in total. The van der Waals surface area contributed by atoms with Crippen molar-refractivity contribution in [3.05, 3.63) is 0 Å². The number of methoxy groups -OCH3 is 1. The van der Waals surface area contributed by atoms with Gasteiger partial charge in [0.05, 0.1) is 0 Å². The van der Waals surface area contributed by atoms with Crippen LogP contribution >= 0.6 is 0 Å². The van der Waals surface area contributed by atoms with E-state index in [2.05, 4.69) is 0 Å². The first-order valence-corrected chi connectivity index (χ1v) is 6.07. The molecule has 0 aliphatic heterocycles. The van der Waals surface area contributed by atoms with Gasteiger partial charge in [0, 0.05) is 20.1 Å². The van der Waals surface area contributed by atoms with Crippen LogP contribution in [-0.4, -0.2) is 19.9 Å². The summed E-state index contributed by atoms with van der Waals surface area (Å²) in [7, 11) is 1.66. The summed E-state index contributed by atoms with van der Waals surface area (Å²) in [5.74, 6) is 0.345. The van der Waals surface area contributed by atoms with Crippen LogP contribution in [0.25, 0.3) is 0 Å². The number of ether oxygens (including phenoxy) is 1. The monoisotopic (exact) mass is 238 g/mol. The van der Waals surface area contributed by atoms with Crippen molar-refractivity contribution in [2.45, 2.75) is 51.1 Å². The second-order valence-electron chi connectivity index (χ2n) is 4.85. The molecule has 1 aliphatic carbocycles. The van der Waals surface area contributed by atoms with Gasteiger partial charge >= 0.3 is 6.18 Å². The molecule has 0 amide bonds. The molecule has 1 nitrogen and oxygen atoms in total. The fourth-order valence-corrected chi connectivity index (χ4v) is 2.69. The van der Waals surface area contributed by atoms with Gasteiger partial charge in [0.25, 0.3) is 0 Å². The summed E-state index contributed by atoms with van der Waals surface area (Å²) in [6.07, 6.45) is 0.967. The molecule has 0 aromatic heterocycles. The van der Waals surface area contributed by atoms with Crippen molar-refractivity contribution >= 4 is 0 Å². The largest absolute Gasteiger partial charge is 0.389 e. The SMILES string of the molecule is COCCCC1CCCC(CC(F)(F)F)C1. The molecule has 0 aromatic carbocycles. The molecule has 1 aliphatic rings. The van der Waals surface area contributed by atoms with E-state index in [0.717, 1.165) is 45.1 Å². The van der Waals surface area contributed by atoms with Crippen LogP contribution in [-0.2, 0) is 4.74 Å². The molecule has 0 spiro atoms. The Balaban J connectivity index is 2.24. The van der Waals surface area contributed by atoms with Gasteiger partial charge in [0.15, 0.2) is 0 Å². The molecule has 1 saturated carbocycles. The molecule has 0 heterocycles. The van der Waals surface area contributed by atoms with Crippen molar-refractivity contribution in [2.24, 2.45) is 11.8 Å². The highest BCUT2D eigenvalue weighted by Crippen LogP contribution is 2.38. The molecule has 0 aromatic rings. The molecule has 1 rings (SSSR count). The van der Waals surface area contributed by atoms with E-state index in [4.69, 9.17) is 4.74 Å². The van der Waals surface area contributed by atoms with E-state index in [1.807, 2.05) is 0 Å². The number of rotatable bonds is 5. The van der Waals surface area contributed by atoms with E-state index in [1.165, 1.54) is 0 Å². The molecule has 96 valence electrons. The van der Waals surface area contributed by atoms with Crippen LogP contribution in [0.4, 0.5) is 13.2 Å². The van der Waals surface area contributed by atoms with Crippen LogP contribution in [0.1, 0.15) is 44.9 Å². The maximum atomic E-state index is 12.3. The topological polar surface area (TPSA) is 9.23 Å². The first-order valence-electron chi connectivity index (χ1n) is 6.07. The standard InChI is InChI=1S/C12H21F3O/c1-16-7-3-6-10-4-2-5-11(8-10)9-12(13,14)15/h10-11H,2-9H2,1H3. The Morgan fingerprint density at radius 3 is 2.50 bits per heavy atom. The van der Waals surface area contributed by atoms with Gasteiger partial charge in [-0.05, 0) is 31.1 Å². The van der Waals surface area contributed by atoms with Crippen LogP contribution in [0.3, 0.4) is 0 Å². The third-order valence-corrected chi connectivity index (χ3v) is 3.37. The first kappa shape index (κ1) is 13.8. The van der Waals surface area contributed by atoms with Crippen molar-refractivity contribution in [1.82, 2.24) is 0 Å². The predicted molar refractivity (Wildman–Crippen MR) is 57.2 cm³/mol. The zero-order valence-electron chi connectivity index (χ0n) is 9.85. The second-order valence-corrected chi connectivity index (χ2v) is 4.85. The normalized spacial score (nSPS) is 27.0. The molecular weight excluding hydrogens is 217 g/mol. The van der Waals surface area contributed by atoms with Crippen molar-refractivity contribution < 1.29 is 17.9 Å². The van der Waals surface area contributed by atoms with Crippen LogP contribution in [0.5, 0.6) is 0 Å². The minimum Gasteiger partial charge on any atom is -0.385 e. The van der Waals surface area contributed by atoms with Gasteiger partial charge < -0.3 is 4.74 Å². The van der Waals surface area contributed by atoms with E-state index < -0.39 is 12.6 Å². The van der Waals surface area contributed by atoms with E-state index in [0.29, 0.717) is 5.92 Å². The first-order chi connectivity index (χ1) is 7.51. The van der Waals surface area contributed by atoms with Crippen molar-refractivity contribution in [1.29, 1.82) is 0 Å². The van der Waals surface area contributed by atoms with Crippen LogP contribution < -0.4 is 0 Å². The fraction of sp³-hybridized carbons (Fsp3) is 1.00. The number of hydrogen-bond donors (Lipinski definition) is 0. The molecule has 0 bridgehead atoms. The smallest absolute Gasteiger partial charge is 0.385 e. The van der Waals surface area contributed by atoms with Gasteiger partial charge in [-0.25, -0.2) is 0 Å². The summed E-state index contributed by atoms with van der Waals surface area (Å²) in [6, 6.07) is 0. The van der Waals surface area contributed by atoms with Gasteiger partial charge in [0.2, 0.25) is 0 Å². The number of hydrogen-bond acceptors (Lipinski definition) is 1. The Bertz CT molecular complexity index is 191. The van der Waals surface area contributed by atoms with Crippen molar-refractivity contribution in [3.63, 3.8) is 0 Å². The molecule has 0 radical (unpaired) electrons. The highest BCUT2D eigenvalue weighted by Gasteiger charge is 2.34. The summed E-state index contributed by atoms with van der Waals surface area (Å²) in [6.45, 7) is 0.723. The lowest BCUT2D eigenvalue weighted by Gasteiger charge is -2.29. The Morgan fingerprint density at radius 1 is 1.19 bits per heavy atom. The molecule has 4 heteroatoms. The van der Waals surface area contributed by atoms with Crippen molar-refractivity contribution in [2.75, 3.05) is 13.7 Å². The Hall–Kier alpha value is -0.250. The Kier molecular flexibility index (Phi) is 5.59. The average molecular weight is 238 g/mol. The Labute approximate surface area is 95.4 Å². The zero-order chi connectivity index (χ0) is 12.0. The molecule has 16 heavy (non-hydrogen) atoms. The number of alkyl halides is 3. The highest BCUT2D eigenvalue weighted by atomic mass is 19.4. The second kappa shape index (κ2) is 6.48. The third-order valence-electron chi connectivity index (χ3n) is 3.37. The van der Waals surface area contributed by atoms with Gasteiger partial charge in [-0.2, -0.15) is 13.2 Å². The van der Waals surface area contributed by atoms with E-state index in [1.54, 1.807) is 7.11 Å². The molecular formula is C12H21F3O. The zero-order valence-corrected chi connectivity index (χ0v) is 9.85. The number of halogens is 3. The van der Waals surface area contributed by atoms with E-state index in [9.17, 15) is 13.2 Å². The summed E-state index contributed by atoms with van der Waals surface area (Å²) in [4.78, 5) is 0. The predicted octanol–water partition coefficient (Wildman–Crippen LogP) is 4.17. The molecule has 1 fully saturated rings. The lowest BCUT2D eigenvalue weighted by molar-refractivity contribution is -0.147. The highest BCUT2D eigenvalue weighted by molar-refractivity contribution is 4.75. The summed E-state index contributed by atoms with van der Waals surface area (Å²) in [5, 5.41) is 0. The lowest BCUT2D eigenvalue weighted by Crippen LogP contribution is -2.22. The van der Waals surface area contributed by atoms with Crippen LogP contribution in [0.15, 0.2) is 0 Å². The minimum absolute atomic E-state index is 0.138. The molecule has 0 saturated heterocycles. The van der Waals surface area contributed by atoms with Crippen LogP contribution in [0, 0.1) is 11.8 Å². The molecule has 2 atom stereocenters. The van der Waals surface area contributed by atoms with Gasteiger partial charge in [0.1, 0.15) is 0 Å². The quantitative estimate of drug-likeness (QED) is 0.653. The van der Waals surface area contributed by atoms with E-state index in [-0.39, 0.29) is 5.92 Å². The van der Waals surface area contributed by atoms with Crippen molar-refractivity contribution in [3.8, 4) is 0 Å². The summed E-state index contributed by atoms with van der Waals surface area (Å²) in [5.41, 5.74) is 0. The fourth-order valence-electron chi connectivity index (χ4n) is 2.69. The van der Waals surface area contributed by atoms with Crippen LogP contribution in [0.2, 0.25) is 0 Å². The maximum absolute atomic E-state index is 12.3. The van der Waals surface area contributed by atoms with Gasteiger partial charge in [-0.15, -0.1) is 0 Å². The lowest BCUT2D eigenvalue weighted by atomic mass is 9.78. The van der Waals surface area contributed by atoms with Gasteiger partial charge in [-0.1, -0.05) is 19.3 Å². The maximum Gasteiger partial charge on any atom is 0.389 e. The summed E-state index contributed by atoms with van der Waals surface area (Å²) >= 11 is 0. The third kappa shape index (κ3) is 5.73. The minimum atomic E-state index is -3.99. The van der Waals surface area contributed by atoms with Gasteiger partial charge in [-0.3, -0.25) is 0 Å². The molecule has 2 unspecified atom stereocenters. The Morgan fingerprint density at radius 2 is 1.88 bits per heavy atom.